The predicted molar refractivity (Wildman–Crippen MR) is 88.1 cm³/mol. The molecule has 0 aromatic carbocycles. The SMILES string of the molecule is COc1ccc(C(NS(=O)C(C)(C)C)C2CCOCC2)cn1. The van der Waals surface area contributed by atoms with Gasteiger partial charge in [-0.1, -0.05) is 6.07 Å². The highest BCUT2D eigenvalue weighted by atomic mass is 32.2. The molecule has 0 radical (unpaired) electrons. The van der Waals surface area contributed by atoms with Crippen molar-refractivity contribution >= 4 is 11.0 Å². The molecular formula is C16H26N2O3S. The molecular weight excluding hydrogens is 300 g/mol. The Morgan fingerprint density at radius 2 is 2.05 bits per heavy atom. The molecule has 1 aliphatic heterocycles. The van der Waals surface area contributed by atoms with Gasteiger partial charge in [-0.15, -0.1) is 0 Å². The van der Waals surface area contributed by atoms with Gasteiger partial charge in [0, 0.05) is 31.5 Å². The molecule has 2 heterocycles. The lowest BCUT2D eigenvalue weighted by atomic mass is 9.88. The van der Waals surface area contributed by atoms with Gasteiger partial charge in [-0.3, -0.25) is 0 Å². The van der Waals surface area contributed by atoms with Crippen molar-refractivity contribution in [3.05, 3.63) is 23.9 Å². The van der Waals surface area contributed by atoms with Crippen LogP contribution in [-0.2, 0) is 15.7 Å². The van der Waals surface area contributed by atoms with Crippen molar-refractivity contribution in [1.29, 1.82) is 0 Å². The maximum Gasteiger partial charge on any atom is 0.212 e. The van der Waals surface area contributed by atoms with Crippen LogP contribution in [0.25, 0.3) is 0 Å². The van der Waals surface area contributed by atoms with Gasteiger partial charge < -0.3 is 9.47 Å². The summed E-state index contributed by atoms with van der Waals surface area (Å²) in [4.78, 5) is 4.29. The number of rotatable bonds is 5. The van der Waals surface area contributed by atoms with Crippen molar-refractivity contribution < 1.29 is 13.7 Å². The molecule has 5 nitrogen and oxygen atoms in total. The third-order valence-electron chi connectivity index (χ3n) is 3.86. The normalized spacial score (nSPS) is 19.6. The lowest BCUT2D eigenvalue weighted by Gasteiger charge is -2.32. The third kappa shape index (κ3) is 4.51. The zero-order valence-corrected chi connectivity index (χ0v) is 14.6. The van der Waals surface area contributed by atoms with Crippen LogP contribution in [0.15, 0.2) is 18.3 Å². The van der Waals surface area contributed by atoms with Crippen molar-refractivity contribution in [1.82, 2.24) is 9.71 Å². The monoisotopic (exact) mass is 326 g/mol. The second kappa shape index (κ2) is 7.53. The number of hydrogen-bond donors (Lipinski definition) is 1. The van der Waals surface area contributed by atoms with E-state index in [9.17, 15) is 4.21 Å². The molecule has 6 heteroatoms. The van der Waals surface area contributed by atoms with E-state index in [-0.39, 0.29) is 10.8 Å². The van der Waals surface area contributed by atoms with Gasteiger partial charge in [0.15, 0.2) is 0 Å². The Balaban J connectivity index is 2.21. The summed E-state index contributed by atoms with van der Waals surface area (Å²) >= 11 is 0. The standard InChI is InChI=1S/C16H26N2O3S/c1-16(2,3)22(19)18-15(12-7-9-21-10-8-12)13-5-6-14(20-4)17-11-13/h5-6,11-12,15,18H,7-10H2,1-4H3. The molecule has 1 aliphatic rings. The Bertz CT molecular complexity index is 493. The van der Waals surface area contributed by atoms with Gasteiger partial charge >= 0.3 is 0 Å². The first-order valence-electron chi connectivity index (χ1n) is 7.67. The summed E-state index contributed by atoms with van der Waals surface area (Å²) in [5.41, 5.74) is 1.05. The van der Waals surface area contributed by atoms with Gasteiger partial charge in [0.05, 0.1) is 22.8 Å². The molecule has 1 aromatic heterocycles. The zero-order valence-electron chi connectivity index (χ0n) is 13.8. The molecule has 1 fully saturated rings. The first-order valence-corrected chi connectivity index (χ1v) is 8.82. The van der Waals surface area contributed by atoms with E-state index in [1.165, 1.54) is 0 Å². The maximum absolute atomic E-state index is 12.5. The second-order valence-electron chi connectivity index (χ2n) is 6.56. The van der Waals surface area contributed by atoms with E-state index in [0.29, 0.717) is 11.8 Å². The van der Waals surface area contributed by atoms with Crippen LogP contribution < -0.4 is 9.46 Å². The van der Waals surface area contributed by atoms with Crippen LogP contribution in [-0.4, -0.2) is 34.3 Å². The smallest absolute Gasteiger partial charge is 0.212 e. The Kier molecular flexibility index (Phi) is 5.94. The molecule has 2 unspecified atom stereocenters. The molecule has 1 saturated heterocycles. The number of methoxy groups -OCH3 is 1. The zero-order chi connectivity index (χ0) is 16.2. The Hall–Kier alpha value is -0.980. The highest BCUT2D eigenvalue weighted by Gasteiger charge is 2.30. The number of pyridine rings is 1. The average Bonchev–Trinajstić information content (AvgIpc) is 2.52. The topological polar surface area (TPSA) is 60.5 Å². The number of nitrogens with one attached hydrogen (secondary N) is 1. The molecule has 0 spiro atoms. The number of hydrogen-bond acceptors (Lipinski definition) is 4. The second-order valence-corrected chi connectivity index (χ2v) is 8.56. The van der Waals surface area contributed by atoms with Gasteiger partial charge in [-0.05, 0) is 45.1 Å². The van der Waals surface area contributed by atoms with Gasteiger partial charge in [-0.25, -0.2) is 13.9 Å². The fraction of sp³-hybridized carbons (Fsp3) is 0.688. The summed E-state index contributed by atoms with van der Waals surface area (Å²) in [5.74, 6) is 0.988. The summed E-state index contributed by atoms with van der Waals surface area (Å²) in [6.45, 7) is 7.44. The predicted octanol–water partition coefficient (Wildman–Crippen LogP) is 2.61. The fourth-order valence-electron chi connectivity index (χ4n) is 2.47. The van der Waals surface area contributed by atoms with E-state index < -0.39 is 11.0 Å². The van der Waals surface area contributed by atoms with E-state index in [2.05, 4.69) is 9.71 Å². The lowest BCUT2D eigenvalue weighted by Crippen LogP contribution is -2.39. The maximum atomic E-state index is 12.5. The highest BCUT2D eigenvalue weighted by molar-refractivity contribution is 7.84. The summed E-state index contributed by atoms with van der Waals surface area (Å²) in [6.07, 6.45) is 3.74. The number of aromatic nitrogens is 1. The van der Waals surface area contributed by atoms with Crippen molar-refractivity contribution in [2.45, 2.75) is 44.4 Å². The molecule has 0 bridgehead atoms. The molecule has 0 saturated carbocycles. The number of ether oxygens (including phenoxy) is 2. The highest BCUT2D eigenvalue weighted by Crippen LogP contribution is 2.31. The minimum absolute atomic E-state index is 0.0161. The minimum atomic E-state index is -1.13. The van der Waals surface area contributed by atoms with E-state index in [0.717, 1.165) is 31.6 Å². The minimum Gasteiger partial charge on any atom is -0.481 e. The largest absolute Gasteiger partial charge is 0.481 e. The van der Waals surface area contributed by atoms with Gasteiger partial charge in [0.1, 0.15) is 0 Å². The molecule has 22 heavy (non-hydrogen) atoms. The molecule has 124 valence electrons. The first kappa shape index (κ1) is 17.4. The number of nitrogens with zero attached hydrogens (tertiary/aromatic N) is 1. The van der Waals surface area contributed by atoms with Crippen molar-refractivity contribution in [2.24, 2.45) is 5.92 Å². The summed E-state index contributed by atoms with van der Waals surface area (Å²) in [6, 6.07) is 3.87. The third-order valence-corrected chi connectivity index (χ3v) is 5.44. The molecule has 2 atom stereocenters. The summed E-state index contributed by atoms with van der Waals surface area (Å²) in [5, 5.41) is 0. The van der Waals surface area contributed by atoms with Gasteiger partial charge in [-0.2, -0.15) is 0 Å². The Morgan fingerprint density at radius 3 is 2.55 bits per heavy atom. The fourth-order valence-corrected chi connectivity index (χ4v) is 3.39. The van der Waals surface area contributed by atoms with E-state index >= 15 is 0 Å². The molecule has 1 N–H and O–H groups in total. The first-order chi connectivity index (χ1) is 10.4. The van der Waals surface area contributed by atoms with Crippen LogP contribution in [0.4, 0.5) is 0 Å². The van der Waals surface area contributed by atoms with Gasteiger partial charge in [0.25, 0.3) is 0 Å². The average molecular weight is 326 g/mol. The van der Waals surface area contributed by atoms with Crippen molar-refractivity contribution in [2.75, 3.05) is 20.3 Å². The van der Waals surface area contributed by atoms with Crippen LogP contribution in [0.1, 0.15) is 45.2 Å². The van der Waals surface area contributed by atoms with Crippen LogP contribution in [0.3, 0.4) is 0 Å². The quantitative estimate of drug-likeness (QED) is 0.903. The Labute approximate surface area is 135 Å². The van der Waals surface area contributed by atoms with Crippen LogP contribution in [0.2, 0.25) is 0 Å². The molecule has 0 aliphatic carbocycles. The van der Waals surface area contributed by atoms with Crippen LogP contribution in [0.5, 0.6) is 5.88 Å². The summed E-state index contributed by atoms with van der Waals surface area (Å²) < 4.78 is 26.1. The van der Waals surface area contributed by atoms with Crippen LogP contribution >= 0.6 is 0 Å². The molecule has 0 amide bonds. The van der Waals surface area contributed by atoms with Crippen molar-refractivity contribution in [3.8, 4) is 5.88 Å². The van der Waals surface area contributed by atoms with E-state index in [1.807, 2.05) is 39.1 Å². The van der Waals surface area contributed by atoms with Gasteiger partial charge in [0.2, 0.25) is 5.88 Å². The summed E-state index contributed by atoms with van der Waals surface area (Å²) in [7, 11) is 0.476. The lowest BCUT2D eigenvalue weighted by molar-refractivity contribution is 0.0565. The van der Waals surface area contributed by atoms with E-state index in [1.54, 1.807) is 7.11 Å². The van der Waals surface area contributed by atoms with Crippen molar-refractivity contribution in [3.63, 3.8) is 0 Å². The van der Waals surface area contributed by atoms with E-state index in [4.69, 9.17) is 9.47 Å². The molecule has 2 rings (SSSR count). The molecule has 1 aromatic rings. The van der Waals surface area contributed by atoms with Crippen LogP contribution in [0, 0.1) is 5.92 Å². The Morgan fingerprint density at radius 1 is 1.36 bits per heavy atom.